The fourth-order valence-electron chi connectivity index (χ4n) is 2.66. The Morgan fingerprint density at radius 2 is 2.19 bits per heavy atom. The summed E-state index contributed by atoms with van der Waals surface area (Å²) in [5, 5.41) is 3.65. The van der Waals surface area contributed by atoms with E-state index in [0.717, 1.165) is 27.7 Å². The Labute approximate surface area is 158 Å². The maximum absolute atomic E-state index is 11.9. The number of rotatable bonds is 8. The number of nitrogens with zero attached hydrogens (tertiary/aromatic N) is 2. The molecule has 3 rings (SSSR count). The topological polar surface area (TPSA) is 55.6 Å². The molecule has 0 aliphatic heterocycles. The van der Waals surface area contributed by atoms with Crippen molar-refractivity contribution in [1.29, 1.82) is 0 Å². The number of amides is 1. The van der Waals surface area contributed by atoms with E-state index in [-0.39, 0.29) is 5.91 Å². The van der Waals surface area contributed by atoms with E-state index in [4.69, 9.17) is 16.3 Å². The second-order valence-corrected chi connectivity index (χ2v) is 6.57. The zero-order valence-electron chi connectivity index (χ0n) is 14.7. The summed E-state index contributed by atoms with van der Waals surface area (Å²) >= 11 is 5.99. The van der Waals surface area contributed by atoms with Gasteiger partial charge < -0.3 is 14.5 Å². The third-order valence-corrected chi connectivity index (χ3v) is 4.49. The van der Waals surface area contributed by atoms with Gasteiger partial charge in [-0.1, -0.05) is 17.7 Å². The molecule has 1 N–H and O–H groups in total. The highest BCUT2D eigenvalue weighted by molar-refractivity contribution is 6.31. The highest BCUT2D eigenvalue weighted by atomic mass is 35.5. The molecule has 2 aromatic heterocycles. The second-order valence-electron chi connectivity index (χ2n) is 6.16. The van der Waals surface area contributed by atoms with Gasteiger partial charge in [0, 0.05) is 36.8 Å². The zero-order valence-corrected chi connectivity index (χ0v) is 15.5. The second kappa shape index (κ2) is 8.72. The van der Waals surface area contributed by atoms with Gasteiger partial charge in [0.15, 0.2) is 0 Å². The summed E-state index contributed by atoms with van der Waals surface area (Å²) in [5.74, 6) is 0.809. The number of fused-ring (bicyclic) bond motifs is 1. The van der Waals surface area contributed by atoms with Gasteiger partial charge in [0.05, 0.1) is 12.3 Å². The molecule has 0 saturated heterocycles. The van der Waals surface area contributed by atoms with Gasteiger partial charge in [-0.15, -0.1) is 0 Å². The van der Waals surface area contributed by atoms with Gasteiger partial charge >= 0.3 is 0 Å². The Morgan fingerprint density at radius 3 is 3.00 bits per heavy atom. The molecule has 0 spiro atoms. The lowest BCUT2D eigenvalue weighted by Crippen LogP contribution is -2.25. The summed E-state index contributed by atoms with van der Waals surface area (Å²) in [4.78, 5) is 16.4. The zero-order chi connectivity index (χ0) is 18.4. The molecule has 1 amide bonds. The van der Waals surface area contributed by atoms with Crippen LogP contribution in [0.15, 0.2) is 48.8 Å². The third kappa shape index (κ3) is 4.99. The van der Waals surface area contributed by atoms with E-state index in [9.17, 15) is 4.79 Å². The van der Waals surface area contributed by atoms with Crippen LogP contribution in [-0.4, -0.2) is 28.4 Å². The summed E-state index contributed by atoms with van der Waals surface area (Å²) in [6.07, 6.45) is 5.78. The van der Waals surface area contributed by atoms with Gasteiger partial charge in [-0.05, 0) is 49.2 Å². The van der Waals surface area contributed by atoms with Crippen LogP contribution in [0.4, 0.5) is 0 Å². The van der Waals surface area contributed by atoms with Crippen molar-refractivity contribution in [3.63, 3.8) is 0 Å². The number of benzene rings is 1. The van der Waals surface area contributed by atoms with Crippen LogP contribution in [-0.2, 0) is 11.2 Å². The van der Waals surface area contributed by atoms with Crippen LogP contribution in [0.3, 0.4) is 0 Å². The summed E-state index contributed by atoms with van der Waals surface area (Å²) in [5.41, 5.74) is 2.87. The number of hydrogen-bond donors (Lipinski definition) is 1. The molecule has 1 aromatic carbocycles. The molecule has 26 heavy (non-hydrogen) atoms. The lowest BCUT2D eigenvalue weighted by molar-refractivity contribution is -0.121. The number of halogens is 1. The summed E-state index contributed by atoms with van der Waals surface area (Å²) in [6.45, 7) is 3.02. The Balaban J connectivity index is 1.33. The molecule has 0 aliphatic carbocycles. The molecular weight excluding hydrogens is 350 g/mol. The number of pyridine rings is 1. The summed E-state index contributed by atoms with van der Waals surface area (Å²) in [6, 6.07) is 11.4. The van der Waals surface area contributed by atoms with E-state index in [1.165, 1.54) is 0 Å². The molecule has 0 saturated carbocycles. The predicted molar refractivity (Wildman–Crippen MR) is 103 cm³/mol. The van der Waals surface area contributed by atoms with Gasteiger partial charge in [0.1, 0.15) is 11.4 Å². The largest absolute Gasteiger partial charge is 0.494 e. The minimum absolute atomic E-state index is 0.0321. The highest BCUT2D eigenvalue weighted by Crippen LogP contribution is 2.21. The molecule has 0 aliphatic rings. The first-order valence-corrected chi connectivity index (χ1v) is 9.08. The van der Waals surface area contributed by atoms with E-state index >= 15 is 0 Å². The van der Waals surface area contributed by atoms with Crippen LogP contribution in [0.25, 0.3) is 5.65 Å². The number of aryl methyl sites for hydroxylation is 1. The van der Waals surface area contributed by atoms with E-state index in [1.54, 1.807) is 0 Å². The molecular formula is C20H22ClN3O2. The number of nitrogens with one attached hydrogen (secondary N) is 1. The first-order chi connectivity index (χ1) is 12.6. The monoisotopic (exact) mass is 371 g/mol. The van der Waals surface area contributed by atoms with E-state index in [0.29, 0.717) is 32.4 Å². The number of imidazole rings is 1. The maximum Gasteiger partial charge on any atom is 0.220 e. The van der Waals surface area contributed by atoms with Crippen molar-refractivity contribution >= 4 is 23.2 Å². The first-order valence-electron chi connectivity index (χ1n) is 8.70. The average Bonchev–Trinajstić information content (AvgIpc) is 3.04. The molecule has 0 bridgehead atoms. The highest BCUT2D eigenvalue weighted by Gasteiger charge is 2.04. The summed E-state index contributed by atoms with van der Waals surface area (Å²) < 4.78 is 7.63. The van der Waals surface area contributed by atoms with Crippen LogP contribution in [0.2, 0.25) is 5.02 Å². The molecule has 0 atom stereocenters. The van der Waals surface area contributed by atoms with Gasteiger partial charge in [-0.3, -0.25) is 4.79 Å². The van der Waals surface area contributed by atoms with E-state index < -0.39 is 0 Å². The first kappa shape index (κ1) is 18.3. The van der Waals surface area contributed by atoms with Gasteiger partial charge in [0.25, 0.3) is 0 Å². The van der Waals surface area contributed by atoms with Crippen molar-refractivity contribution in [2.45, 2.75) is 26.2 Å². The SMILES string of the molecule is Cc1cc(OCCCC(=O)NCCc2cn3ccccc3n2)ccc1Cl. The lowest BCUT2D eigenvalue weighted by Gasteiger charge is -2.08. The number of carbonyl (C=O) groups is 1. The molecule has 136 valence electrons. The Bertz CT molecular complexity index is 859. The Kier molecular flexibility index (Phi) is 6.12. The average molecular weight is 372 g/mol. The van der Waals surface area contributed by atoms with Crippen molar-refractivity contribution in [3.05, 3.63) is 65.1 Å². The van der Waals surface area contributed by atoms with Gasteiger partial charge in [-0.2, -0.15) is 0 Å². The van der Waals surface area contributed by atoms with Crippen molar-refractivity contribution in [2.24, 2.45) is 0 Å². The molecule has 3 aromatic rings. The fraction of sp³-hybridized carbons (Fsp3) is 0.300. The van der Waals surface area contributed by atoms with Crippen LogP contribution in [0, 0.1) is 6.92 Å². The molecule has 0 radical (unpaired) electrons. The standard InChI is InChI=1S/C20H22ClN3O2/c1-15-13-17(7-8-18(15)21)26-12-4-6-20(25)22-10-9-16-14-24-11-3-2-5-19(24)23-16/h2-3,5,7-8,11,13-14H,4,6,9-10,12H2,1H3,(H,22,25). The third-order valence-electron chi connectivity index (χ3n) is 4.06. The van der Waals surface area contributed by atoms with Crippen molar-refractivity contribution < 1.29 is 9.53 Å². The van der Waals surface area contributed by atoms with Gasteiger partial charge in [-0.25, -0.2) is 4.98 Å². The normalized spacial score (nSPS) is 10.8. The number of carbonyl (C=O) groups excluding carboxylic acids is 1. The maximum atomic E-state index is 11.9. The Morgan fingerprint density at radius 1 is 1.31 bits per heavy atom. The van der Waals surface area contributed by atoms with Crippen molar-refractivity contribution in [2.75, 3.05) is 13.2 Å². The quantitative estimate of drug-likeness (QED) is 0.612. The van der Waals surface area contributed by atoms with Crippen LogP contribution in [0.5, 0.6) is 5.75 Å². The minimum atomic E-state index is 0.0321. The smallest absolute Gasteiger partial charge is 0.220 e. The molecule has 0 fully saturated rings. The summed E-state index contributed by atoms with van der Waals surface area (Å²) in [7, 11) is 0. The predicted octanol–water partition coefficient (Wildman–Crippen LogP) is 3.81. The number of ether oxygens (including phenoxy) is 1. The van der Waals surface area contributed by atoms with Crippen LogP contribution in [0.1, 0.15) is 24.1 Å². The van der Waals surface area contributed by atoms with Crippen molar-refractivity contribution in [3.8, 4) is 5.75 Å². The van der Waals surface area contributed by atoms with Gasteiger partial charge in [0.2, 0.25) is 5.91 Å². The van der Waals surface area contributed by atoms with Crippen LogP contribution < -0.4 is 10.1 Å². The Hall–Kier alpha value is -2.53. The number of hydrogen-bond acceptors (Lipinski definition) is 3. The number of aromatic nitrogens is 2. The fourth-order valence-corrected chi connectivity index (χ4v) is 2.77. The lowest BCUT2D eigenvalue weighted by atomic mass is 10.2. The molecule has 0 unspecified atom stereocenters. The van der Waals surface area contributed by atoms with Crippen molar-refractivity contribution in [1.82, 2.24) is 14.7 Å². The molecule has 5 nitrogen and oxygen atoms in total. The van der Waals surface area contributed by atoms with E-state index in [1.807, 2.05) is 60.1 Å². The van der Waals surface area contributed by atoms with Crippen LogP contribution >= 0.6 is 11.6 Å². The molecule has 2 heterocycles. The minimum Gasteiger partial charge on any atom is -0.494 e. The molecule has 6 heteroatoms. The van der Waals surface area contributed by atoms with E-state index in [2.05, 4.69) is 10.3 Å².